The van der Waals surface area contributed by atoms with E-state index in [9.17, 15) is 0 Å². The van der Waals surface area contributed by atoms with Crippen molar-refractivity contribution in [3.8, 4) is 33.4 Å². The SMILES string of the molecule is CC1(C)c2ccccc2-c2ccc(N(c3ccc(-c4ccc5ccccc5c4)cc3)c3ccc4c(c3)C(C)(C)c3cc5ccccc5c(Br)c3-4)cc21. The van der Waals surface area contributed by atoms with Gasteiger partial charge in [0.15, 0.2) is 0 Å². The maximum atomic E-state index is 4.06. The molecule has 10 rings (SSSR count). The van der Waals surface area contributed by atoms with E-state index in [1.807, 2.05) is 0 Å². The molecule has 0 radical (unpaired) electrons. The molecule has 0 amide bonds. The van der Waals surface area contributed by atoms with Crippen LogP contribution in [0, 0.1) is 0 Å². The maximum Gasteiger partial charge on any atom is 0.0465 e. The lowest BCUT2D eigenvalue weighted by atomic mass is 9.81. The molecule has 0 saturated heterocycles. The molecule has 0 fully saturated rings. The van der Waals surface area contributed by atoms with Crippen LogP contribution in [-0.2, 0) is 10.8 Å². The third-order valence-electron chi connectivity index (χ3n) is 11.9. The summed E-state index contributed by atoms with van der Waals surface area (Å²) in [6.45, 7) is 9.48. The lowest BCUT2D eigenvalue weighted by Crippen LogP contribution is -2.18. The number of halogens is 1. The maximum absolute atomic E-state index is 4.06. The van der Waals surface area contributed by atoms with Crippen LogP contribution in [0.3, 0.4) is 0 Å². The molecule has 0 N–H and O–H groups in total. The molecule has 0 bridgehead atoms. The van der Waals surface area contributed by atoms with E-state index in [2.05, 4.69) is 206 Å². The second-order valence-corrected chi connectivity index (χ2v) is 16.3. The van der Waals surface area contributed by atoms with Crippen LogP contribution in [0.25, 0.3) is 54.9 Å². The number of hydrogen-bond acceptors (Lipinski definition) is 1. The third kappa shape index (κ3) is 4.53. The Morgan fingerprint density at radius 3 is 1.73 bits per heavy atom. The second-order valence-electron chi connectivity index (χ2n) is 15.5. The van der Waals surface area contributed by atoms with Gasteiger partial charge in [-0.25, -0.2) is 0 Å². The highest BCUT2D eigenvalue weighted by Gasteiger charge is 2.39. The van der Waals surface area contributed by atoms with Crippen LogP contribution >= 0.6 is 15.9 Å². The summed E-state index contributed by atoms with van der Waals surface area (Å²) in [5, 5.41) is 5.04. The average Bonchev–Trinajstić information content (AvgIpc) is 3.54. The molecule has 2 aliphatic rings. The summed E-state index contributed by atoms with van der Waals surface area (Å²) in [6.07, 6.45) is 0. The van der Waals surface area contributed by atoms with E-state index in [1.54, 1.807) is 0 Å². The lowest BCUT2D eigenvalue weighted by Gasteiger charge is -2.30. The number of anilines is 3. The highest BCUT2D eigenvalue weighted by Crippen LogP contribution is 2.55. The van der Waals surface area contributed by atoms with Crippen LogP contribution in [-0.4, -0.2) is 0 Å². The molecule has 0 aliphatic heterocycles. The predicted octanol–water partition coefficient (Wildman–Crippen LogP) is 14.5. The van der Waals surface area contributed by atoms with Crippen molar-refractivity contribution in [1.82, 2.24) is 0 Å². The third-order valence-corrected chi connectivity index (χ3v) is 12.7. The van der Waals surface area contributed by atoms with Crippen LogP contribution in [0.4, 0.5) is 17.1 Å². The van der Waals surface area contributed by atoms with Gasteiger partial charge >= 0.3 is 0 Å². The Balaban J connectivity index is 1.13. The number of hydrogen-bond donors (Lipinski definition) is 0. The summed E-state index contributed by atoms with van der Waals surface area (Å²) in [7, 11) is 0. The summed E-state index contributed by atoms with van der Waals surface area (Å²) in [4.78, 5) is 2.45. The fraction of sp³-hybridized carbons (Fsp3) is 0.120. The van der Waals surface area contributed by atoms with Crippen molar-refractivity contribution in [2.75, 3.05) is 4.90 Å². The smallest absolute Gasteiger partial charge is 0.0465 e. The van der Waals surface area contributed by atoms with Gasteiger partial charge in [-0.1, -0.05) is 137 Å². The van der Waals surface area contributed by atoms with Gasteiger partial charge in [0.05, 0.1) is 0 Å². The minimum atomic E-state index is -0.166. The molecular weight excluding hydrogens is 694 g/mol. The molecule has 0 spiro atoms. The van der Waals surface area contributed by atoms with Gasteiger partial charge in [-0.15, -0.1) is 0 Å². The number of rotatable bonds is 4. The van der Waals surface area contributed by atoms with Gasteiger partial charge in [-0.3, -0.25) is 0 Å². The van der Waals surface area contributed by atoms with Crippen molar-refractivity contribution in [2.24, 2.45) is 0 Å². The summed E-state index contributed by atoms with van der Waals surface area (Å²) in [6, 6.07) is 58.6. The van der Waals surface area contributed by atoms with E-state index in [0.717, 1.165) is 11.4 Å². The first-order valence-corrected chi connectivity index (χ1v) is 19.0. The van der Waals surface area contributed by atoms with Crippen LogP contribution < -0.4 is 4.90 Å². The summed E-state index contributed by atoms with van der Waals surface area (Å²) >= 11 is 4.06. The Morgan fingerprint density at radius 2 is 0.962 bits per heavy atom. The van der Waals surface area contributed by atoms with Crippen molar-refractivity contribution in [2.45, 2.75) is 38.5 Å². The molecule has 8 aromatic rings. The quantitative estimate of drug-likeness (QED) is 0.174. The molecule has 1 nitrogen and oxygen atoms in total. The Morgan fingerprint density at radius 1 is 0.404 bits per heavy atom. The van der Waals surface area contributed by atoms with Crippen molar-refractivity contribution in [1.29, 1.82) is 0 Å². The van der Waals surface area contributed by atoms with E-state index in [0.29, 0.717) is 0 Å². The van der Waals surface area contributed by atoms with E-state index >= 15 is 0 Å². The predicted molar refractivity (Wildman–Crippen MR) is 224 cm³/mol. The molecule has 250 valence electrons. The van der Waals surface area contributed by atoms with Crippen LogP contribution in [0.1, 0.15) is 49.9 Å². The van der Waals surface area contributed by atoms with Crippen molar-refractivity contribution < 1.29 is 0 Å². The highest BCUT2D eigenvalue weighted by atomic mass is 79.9. The number of nitrogens with zero attached hydrogens (tertiary/aromatic N) is 1. The van der Waals surface area contributed by atoms with Gasteiger partial charge < -0.3 is 4.90 Å². The molecule has 52 heavy (non-hydrogen) atoms. The fourth-order valence-electron chi connectivity index (χ4n) is 9.06. The van der Waals surface area contributed by atoms with E-state index in [1.165, 1.54) is 87.3 Å². The summed E-state index contributed by atoms with van der Waals surface area (Å²) in [5.41, 5.74) is 16.4. The molecule has 0 heterocycles. The topological polar surface area (TPSA) is 3.24 Å². The van der Waals surface area contributed by atoms with E-state index in [4.69, 9.17) is 0 Å². The van der Waals surface area contributed by atoms with Crippen molar-refractivity contribution >= 4 is 54.5 Å². The van der Waals surface area contributed by atoms with Gasteiger partial charge in [0, 0.05) is 37.9 Å². The van der Waals surface area contributed by atoms with Crippen molar-refractivity contribution in [3.63, 3.8) is 0 Å². The standard InChI is InChI=1S/C50H38BrN/c1-49(2)43-16-10-9-15-40(43)41-25-23-37(29-44(41)49)52(36-21-19-32(20-22-36)34-18-17-31-11-5-6-12-33(31)27-34)38-24-26-42-45(30-38)50(3,4)46-28-35-13-7-8-14-39(35)48(51)47(42)46/h5-30H,1-4H3. The molecular formula is C50H38BrN. The summed E-state index contributed by atoms with van der Waals surface area (Å²) in [5.74, 6) is 0. The Hall–Kier alpha value is -5.44. The van der Waals surface area contributed by atoms with Gasteiger partial charge in [0.25, 0.3) is 0 Å². The molecule has 0 saturated carbocycles. The van der Waals surface area contributed by atoms with E-state index in [-0.39, 0.29) is 10.8 Å². The van der Waals surface area contributed by atoms with Gasteiger partial charge in [0.1, 0.15) is 0 Å². The van der Waals surface area contributed by atoms with E-state index < -0.39 is 0 Å². The number of fused-ring (bicyclic) bond motifs is 8. The highest BCUT2D eigenvalue weighted by molar-refractivity contribution is 9.10. The second kappa shape index (κ2) is 11.3. The van der Waals surface area contributed by atoms with Crippen LogP contribution in [0.2, 0.25) is 0 Å². The zero-order valence-corrected chi connectivity index (χ0v) is 31.4. The Bertz CT molecular complexity index is 2750. The molecule has 0 unspecified atom stereocenters. The molecule has 8 aromatic carbocycles. The molecule has 2 heteroatoms. The number of benzene rings is 8. The van der Waals surface area contributed by atoms with Gasteiger partial charge in [-0.05, 0) is 136 Å². The molecule has 0 atom stereocenters. The monoisotopic (exact) mass is 731 g/mol. The van der Waals surface area contributed by atoms with Crippen LogP contribution in [0.5, 0.6) is 0 Å². The van der Waals surface area contributed by atoms with Gasteiger partial charge in [-0.2, -0.15) is 0 Å². The molecule has 2 aliphatic carbocycles. The first-order chi connectivity index (χ1) is 25.2. The minimum absolute atomic E-state index is 0.0938. The average molecular weight is 733 g/mol. The first kappa shape index (κ1) is 31.3. The fourth-order valence-corrected chi connectivity index (χ4v) is 9.85. The van der Waals surface area contributed by atoms with Crippen molar-refractivity contribution in [3.05, 3.63) is 184 Å². The lowest BCUT2D eigenvalue weighted by molar-refractivity contribution is 0.660. The Kier molecular flexibility index (Phi) is 6.79. The molecule has 0 aromatic heterocycles. The largest absolute Gasteiger partial charge is 0.310 e. The zero-order valence-electron chi connectivity index (χ0n) is 29.8. The Labute approximate surface area is 314 Å². The minimum Gasteiger partial charge on any atom is -0.310 e. The normalized spacial score (nSPS) is 14.6. The summed E-state index contributed by atoms with van der Waals surface area (Å²) < 4.78 is 1.18. The first-order valence-electron chi connectivity index (χ1n) is 18.2. The van der Waals surface area contributed by atoms with Gasteiger partial charge in [0.2, 0.25) is 0 Å². The van der Waals surface area contributed by atoms with Crippen LogP contribution in [0.15, 0.2) is 162 Å². The zero-order chi connectivity index (χ0) is 35.4.